The zero-order valence-electron chi connectivity index (χ0n) is 19.2. The lowest BCUT2D eigenvalue weighted by molar-refractivity contribution is 0.208. The summed E-state index contributed by atoms with van der Waals surface area (Å²) in [6, 6.07) is 7.67. The highest BCUT2D eigenvalue weighted by Crippen LogP contribution is 2.50. The molecule has 0 N–H and O–H groups in total. The Hall–Kier alpha value is -2.72. The molecule has 10 nitrogen and oxygen atoms in total. The van der Waals surface area contributed by atoms with E-state index in [-0.39, 0.29) is 17.3 Å². The molecule has 0 saturated carbocycles. The van der Waals surface area contributed by atoms with E-state index in [1.165, 1.54) is 46.6 Å². The van der Waals surface area contributed by atoms with Gasteiger partial charge in [0, 0.05) is 31.8 Å². The van der Waals surface area contributed by atoms with E-state index >= 15 is 0 Å². The van der Waals surface area contributed by atoms with E-state index < -0.39 is 17.7 Å². The van der Waals surface area contributed by atoms with Crippen molar-refractivity contribution >= 4 is 23.7 Å². The standard InChI is InChI=1S/C21H27O10PS/c1-25-16-12-19(27-3)17(20(13-16)28-4)9-10-33(23,24)14-15-7-8-18(26-2)21(11-15)31-32(22,29-5)30-6/h7-13H,14H2,1-6H3/b10-9+. The SMILES string of the molecule is COc1cc(OC)c(/C=C/S(=O)(=O)Cc2ccc(OC)c(OP(=O)(OC)OC)c2)c(OC)c1. The molecule has 0 fully saturated rings. The molecule has 0 saturated heterocycles. The third-order valence-corrected chi connectivity index (χ3v) is 7.05. The largest absolute Gasteiger partial charge is 0.529 e. The fourth-order valence-corrected chi connectivity index (χ4v) is 4.57. The average Bonchev–Trinajstić information content (AvgIpc) is 2.81. The number of sulfone groups is 1. The molecule has 0 aliphatic heterocycles. The van der Waals surface area contributed by atoms with E-state index in [4.69, 9.17) is 32.5 Å². The maximum atomic E-state index is 12.8. The van der Waals surface area contributed by atoms with Crippen LogP contribution in [0.15, 0.2) is 35.7 Å². The maximum Gasteiger partial charge on any atom is 0.529 e. The van der Waals surface area contributed by atoms with E-state index in [0.29, 0.717) is 28.4 Å². The van der Waals surface area contributed by atoms with Crippen LogP contribution in [0.2, 0.25) is 0 Å². The normalized spacial score (nSPS) is 11.9. The van der Waals surface area contributed by atoms with Crippen LogP contribution in [0.3, 0.4) is 0 Å². The Morgan fingerprint density at radius 1 is 0.788 bits per heavy atom. The minimum atomic E-state index is -3.87. The van der Waals surface area contributed by atoms with Crippen LogP contribution in [0.4, 0.5) is 0 Å². The molecule has 2 rings (SSSR count). The van der Waals surface area contributed by atoms with Gasteiger partial charge in [0.15, 0.2) is 21.3 Å². The van der Waals surface area contributed by atoms with Gasteiger partial charge in [-0.1, -0.05) is 6.07 Å². The van der Waals surface area contributed by atoms with Crippen molar-refractivity contribution in [3.63, 3.8) is 0 Å². The van der Waals surface area contributed by atoms with Gasteiger partial charge in [0.25, 0.3) is 0 Å². The fraction of sp³-hybridized carbons (Fsp3) is 0.333. The molecular formula is C21H27O10PS. The summed E-state index contributed by atoms with van der Waals surface area (Å²) in [4.78, 5) is 0. The summed E-state index contributed by atoms with van der Waals surface area (Å²) in [6.45, 7) is 0. The van der Waals surface area contributed by atoms with Crippen molar-refractivity contribution in [3.05, 3.63) is 46.9 Å². The van der Waals surface area contributed by atoms with Crippen molar-refractivity contribution in [2.75, 3.05) is 42.7 Å². The monoisotopic (exact) mass is 502 g/mol. The lowest BCUT2D eigenvalue weighted by Crippen LogP contribution is -2.03. The average molecular weight is 502 g/mol. The summed E-state index contributed by atoms with van der Waals surface area (Å²) in [5.74, 6) is 1.14. The number of phosphoric ester groups is 1. The zero-order valence-corrected chi connectivity index (χ0v) is 20.9. The van der Waals surface area contributed by atoms with Crippen LogP contribution < -0.4 is 23.5 Å². The van der Waals surface area contributed by atoms with Crippen LogP contribution in [0.1, 0.15) is 11.1 Å². The molecule has 0 bridgehead atoms. The Morgan fingerprint density at radius 3 is 1.85 bits per heavy atom. The molecule has 33 heavy (non-hydrogen) atoms. The lowest BCUT2D eigenvalue weighted by Gasteiger charge is -2.17. The number of hydrogen-bond acceptors (Lipinski definition) is 10. The summed E-state index contributed by atoms with van der Waals surface area (Å²) in [6.07, 6.45) is 1.39. The number of hydrogen-bond donors (Lipinski definition) is 0. The number of benzene rings is 2. The number of phosphoric acid groups is 1. The first-order chi connectivity index (χ1) is 15.6. The van der Waals surface area contributed by atoms with Crippen molar-refractivity contribution in [2.45, 2.75) is 5.75 Å². The van der Waals surface area contributed by atoms with Crippen LogP contribution in [-0.4, -0.2) is 51.1 Å². The van der Waals surface area contributed by atoms with Gasteiger partial charge in [-0.15, -0.1) is 0 Å². The zero-order chi connectivity index (χ0) is 24.6. The number of methoxy groups -OCH3 is 4. The highest BCUT2D eigenvalue weighted by molar-refractivity contribution is 7.93. The third kappa shape index (κ3) is 6.88. The topological polar surface area (TPSA) is 116 Å². The molecule has 12 heteroatoms. The van der Waals surface area contributed by atoms with E-state index in [2.05, 4.69) is 0 Å². The molecule has 0 heterocycles. The van der Waals surface area contributed by atoms with Crippen molar-refractivity contribution in [1.29, 1.82) is 0 Å². The summed E-state index contributed by atoms with van der Waals surface area (Å²) in [7, 11) is 0.516. The van der Waals surface area contributed by atoms with Gasteiger partial charge in [-0.25, -0.2) is 13.0 Å². The van der Waals surface area contributed by atoms with Gasteiger partial charge < -0.3 is 23.5 Å². The summed E-state index contributed by atoms with van der Waals surface area (Å²) in [5.41, 5.74) is 0.798. The molecule has 0 spiro atoms. The van der Waals surface area contributed by atoms with Gasteiger partial charge in [0.05, 0.1) is 39.8 Å². The Kier molecular flexibility index (Phi) is 9.18. The van der Waals surface area contributed by atoms with Crippen molar-refractivity contribution in [2.24, 2.45) is 0 Å². The predicted octanol–water partition coefficient (Wildman–Crippen LogP) is 4.09. The first kappa shape index (κ1) is 26.5. The van der Waals surface area contributed by atoms with E-state index in [0.717, 1.165) is 19.6 Å². The molecular weight excluding hydrogens is 475 g/mol. The highest BCUT2D eigenvalue weighted by Gasteiger charge is 2.27. The second kappa shape index (κ2) is 11.4. The fourth-order valence-electron chi connectivity index (χ4n) is 2.80. The molecule has 0 aliphatic carbocycles. The van der Waals surface area contributed by atoms with Crippen LogP contribution in [0.25, 0.3) is 6.08 Å². The quantitative estimate of drug-likeness (QED) is 0.393. The molecule has 182 valence electrons. The van der Waals surface area contributed by atoms with Crippen LogP contribution in [0, 0.1) is 0 Å². The second-order valence-corrected chi connectivity index (χ2v) is 10.1. The van der Waals surface area contributed by atoms with E-state index in [1.807, 2.05) is 0 Å². The molecule has 0 aromatic heterocycles. The Balaban J connectivity index is 2.36. The van der Waals surface area contributed by atoms with Crippen LogP contribution in [-0.2, 0) is 29.2 Å². The summed E-state index contributed by atoms with van der Waals surface area (Å²) >= 11 is 0. The van der Waals surface area contributed by atoms with Gasteiger partial charge in [-0.05, 0) is 23.8 Å². The van der Waals surface area contributed by atoms with Gasteiger partial charge in [-0.3, -0.25) is 9.05 Å². The lowest BCUT2D eigenvalue weighted by atomic mass is 10.1. The molecule has 2 aromatic rings. The van der Waals surface area contributed by atoms with Gasteiger partial charge >= 0.3 is 7.82 Å². The molecule has 0 unspecified atom stereocenters. The molecule has 0 amide bonds. The first-order valence-corrected chi connectivity index (χ1v) is 12.6. The highest BCUT2D eigenvalue weighted by atomic mass is 32.2. The van der Waals surface area contributed by atoms with E-state index in [1.54, 1.807) is 18.2 Å². The summed E-state index contributed by atoms with van der Waals surface area (Å²) < 4.78 is 73.8. The predicted molar refractivity (Wildman–Crippen MR) is 123 cm³/mol. The maximum absolute atomic E-state index is 12.8. The van der Waals surface area contributed by atoms with Crippen molar-refractivity contribution < 1.29 is 45.5 Å². The molecule has 2 aromatic carbocycles. The molecule has 0 aliphatic rings. The van der Waals surface area contributed by atoms with Gasteiger partial charge in [0.1, 0.15) is 17.2 Å². The van der Waals surface area contributed by atoms with Crippen LogP contribution >= 0.6 is 7.82 Å². The number of ether oxygens (including phenoxy) is 4. The Labute approximate surface area is 193 Å². The number of rotatable bonds is 12. The summed E-state index contributed by atoms with van der Waals surface area (Å²) in [5, 5.41) is 1.06. The van der Waals surface area contributed by atoms with Gasteiger partial charge in [-0.2, -0.15) is 0 Å². The van der Waals surface area contributed by atoms with Crippen LogP contribution in [0.5, 0.6) is 28.7 Å². The molecule has 0 radical (unpaired) electrons. The smallest absolute Gasteiger partial charge is 0.496 e. The van der Waals surface area contributed by atoms with Gasteiger partial charge in [0.2, 0.25) is 0 Å². The molecule has 0 atom stereocenters. The Bertz CT molecular complexity index is 1110. The minimum absolute atomic E-state index is 0.0136. The van der Waals surface area contributed by atoms with E-state index in [9.17, 15) is 13.0 Å². The van der Waals surface area contributed by atoms with Crippen molar-refractivity contribution in [1.82, 2.24) is 0 Å². The first-order valence-electron chi connectivity index (χ1n) is 9.43. The minimum Gasteiger partial charge on any atom is -0.496 e. The second-order valence-electron chi connectivity index (χ2n) is 6.44. The van der Waals surface area contributed by atoms with Crippen molar-refractivity contribution in [3.8, 4) is 28.7 Å². The third-order valence-electron chi connectivity index (χ3n) is 4.45. The Morgan fingerprint density at radius 2 is 1.36 bits per heavy atom.